The lowest BCUT2D eigenvalue weighted by Crippen LogP contribution is -2.46. The van der Waals surface area contributed by atoms with Gasteiger partial charge in [-0.2, -0.15) is 0 Å². The summed E-state index contributed by atoms with van der Waals surface area (Å²) in [7, 11) is 1.68. The summed E-state index contributed by atoms with van der Waals surface area (Å²) in [5.74, 6) is 1.78. The molecule has 0 bridgehead atoms. The van der Waals surface area contributed by atoms with Crippen LogP contribution in [0.25, 0.3) is 0 Å². The first-order valence-electron chi connectivity index (χ1n) is 9.35. The lowest BCUT2D eigenvalue weighted by Gasteiger charge is -2.24. The van der Waals surface area contributed by atoms with E-state index in [0.29, 0.717) is 12.0 Å². The number of nitrogens with one attached hydrogen (secondary N) is 2. The molecule has 0 aromatic heterocycles. The van der Waals surface area contributed by atoms with Crippen molar-refractivity contribution in [3.8, 4) is 5.75 Å². The van der Waals surface area contributed by atoms with Gasteiger partial charge in [0.1, 0.15) is 5.75 Å². The van der Waals surface area contributed by atoms with Gasteiger partial charge in [0, 0.05) is 12.1 Å². The van der Waals surface area contributed by atoms with Crippen LogP contribution in [0.1, 0.15) is 51.0 Å². The molecule has 0 radical (unpaired) electrons. The molecule has 4 unspecified atom stereocenters. The van der Waals surface area contributed by atoms with E-state index in [1.165, 1.54) is 31.2 Å². The molecule has 1 amide bonds. The summed E-state index contributed by atoms with van der Waals surface area (Å²) in [5, 5.41) is 6.76. The Morgan fingerprint density at radius 3 is 2.75 bits per heavy atom. The highest BCUT2D eigenvalue weighted by atomic mass is 16.5. The molecule has 3 rings (SSSR count). The standard InChI is InChI=1S/C20H30N2O2/c1-14(7-8-15-9-11-17(24-2)12-10-15)21-20(23)19-13-16-5-3-4-6-18(16)22-19/h9-12,14,16,18-19,22H,3-8,13H2,1-2H3,(H,21,23). The van der Waals surface area contributed by atoms with Crippen molar-refractivity contribution in [1.29, 1.82) is 0 Å². The van der Waals surface area contributed by atoms with Crippen LogP contribution < -0.4 is 15.4 Å². The van der Waals surface area contributed by atoms with Crippen LogP contribution in [0.5, 0.6) is 5.75 Å². The Morgan fingerprint density at radius 2 is 2.04 bits per heavy atom. The van der Waals surface area contributed by atoms with Crippen LogP contribution in [0, 0.1) is 5.92 Å². The van der Waals surface area contributed by atoms with Crippen LogP contribution in [0.4, 0.5) is 0 Å². The zero-order valence-electron chi connectivity index (χ0n) is 14.9. The van der Waals surface area contributed by atoms with Gasteiger partial charge in [0.15, 0.2) is 0 Å². The highest BCUT2D eigenvalue weighted by Gasteiger charge is 2.38. The molecular formula is C20H30N2O2. The van der Waals surface area contributed by atoms with E-state index in [0.717, 1.165) is 25.0 Å². The number of benzene rings is 1. The Bertz CT molecular complexity index is 529. The fourth-order valence-electron chi connectivity index (χ4n) is 4.11. The first-order valence-corrected chi connectivity index (χ1v) is 9.35. The molecule has 1 saturated heterocycles. The molecule has 1 aliphatic heterocycles. The van der Waals surface area contributed by atoms with Gasteiger partial charge in [0.25, 0.3) is 0 Å². The van der Waals surface area contributed by atoms with Gasteiger partial charge in [-0.05, 0) is 62.6 Å². The predicted octanol–water partition coefficient (Wildman–Crippen LogP) is 3.05. The highest BCUT2D eigenvalue weighted by Crippen LogP contribution is 2.33. The van der Waals surface area contributed by atoms with Gasteiger partial charge in [0.2, 0.25) is 5.91 Å². The average Bonchev–Trinajstić information content (AvgIpc) is 3.05. The predicted molar refractivity (Wildman–Crippen MR) is 96.2 cm³/mol. The molecule has 2 N–H and O–H groups in total. The van der Waals surface area contributed by atoms with Crippen LogP contribution in [-0.4, -0.2) is 31.1 Å². The molecule has 4 atom stereocenters. The maximum atomic E-state index is 12.5. The van der Waals surface area contributed by atoms with Gasteiger partial charge < -0.3 is 15.4 Å². The molecule has 1 aromatic rings. The van der Waals surface area contributed by atoms with E-state index in [2.05, 4.69) is 29.7 Å². The minimum absolute atomic E-state index is 0.0153. The topological polar surface area (TPSA) is 50.4 Å². The van der Waals surface area contributed by atoms with Crippen molar-refractivity contribution in [3.63, 3.8) is 0 Å². The number of aryl methyl sites for hydroxylation is 1. The molecule has 1 aromatic carbocycles. The molecule has 4 nitrogen and oxygen atoms in total. The number of ether oxygens (including phenoxy) is 1. The molecule has 0 spiro atoms. The van der Waals surface area contributed by atoms with E-state index in [1.807, 2.05) is 12.1 Å². The van der Waals surface area contributed by atoms with Crippen molar-refractivity contribution in [2.75, 3.05) is 7.11 Å². The zero-order valence-corrected chi connectivity index (χ0v) is 14.9. The molecule has 1 saturated carbocycles. The third kappa shape index (κ3) is 4.29. The Morgan fingerprint density at radius 1 is 1.29 bits per heavy atom. The SMILES string of the molecule is COc1ccc(CCC(C)NC(=O)C2CC3CCCCC3N2)cc1. The monoisotopic (exact) mass is 330 g/mol. The quantitative estimate of drug-likeness (QED) is 0.843. The Hall–Kier alpha value is -1.55. The largest absolute Gasteiger partial charge is 0.497 e. The molecule has 1 aliphatic carbocycles. The number of carbonyl (C=O) groups excluding carboxylic acids is 1. The second-order valence-electron chi connectivity index (χ2n) is 7.40. The Kier molecular flexibility index (Phi) is 5.77. The Labute approximate surface area is 145 Å². The van der Waals surface area contributed by atoms with Crippen molar-refractivity contribution in [2.45, 2.75) is 70.0 Å². The number of fused-ring (bicyclic) bond motifs is 1. The van der Waals surface area contributed by atoms with E-state index in [4.69, 9.17) is 4.74 Å². The maximum absolute atomic E-state index is 12.5. The summed E-state index contributed by atoms with van der Waals surface area (Å²) >= 11 is 0. The highest BCUT2D eigenvalue weighted by molar-refractivity contribution is 5.82. The fraction of sp³-hybridized carbons (Fsp3) is 0.650. The number of carbonyl (C=O) groups is 1. The van der Waals surface area contributed by atoms with Crippen LogP contribution in [0.3, 0.4) is 0 Å². The van der Waals surface area contributed by atoms with Crippen molar-refractivity contribution < 1.29 is 9.53 Å². The Balaban J connectivity index is 1.42. The average molecular weight is 330 g/mol. The van der Waals surface area contributed by atoms with Crippen LogP contribution in [0.2, 0.25) is 0 Å². The second-order valence-corrected chi connectivity index (χ2v) is 7.40. The summed E-state index contributed by atoms with van der Waals surface area (Å²) in [5.41, 5.74) is 1.28. The summed E-state index contributed by atoms with van der Waals surface area (Å²) in [6.07, 6.45) is 8.10. The van der Waals surface area contributed by atoms with Crippen LogP contribution in [-0.2, 0) is 11.2 Å². The van der Waals surface area contributed by atoms with Gasteiger partial charge in [0.05, 0.1) is 13.2 Å². The van der Waals surface area contributed by atoms with Crippen molar-refractivity contribution in [1.82, 2.24) is 10.6 Å². The molecule has 2 fully saturated rings. The molecular weight excluding hydrogens is 300 g/mol. The van der Waals surface area contributed by atoms with Crippen LogP contribution >= 0.6 is 0 Å². The normalized spacial score (nSPS) is 27.3. The van der Waals surface area contributed by atoms with Crippen molar-refractivity contribution in [3.05, 3.63) is 29.8 Å². The molecule has 132 valence electrons. The number of rotatable bonds is 6. The lowest BCUT2D eigenvalue weighted by atomic mass is 9.85. The van der Waals surface area contributed by atoms with E-state index in [1.54, 1.807) is 7.11 Å². The number of hydrogen-bond acceptors (Lipinski definition) is 3. The van der Waals surface area contributed by atoms with E-state index >= 15 is 0 Å². The molecule has 2 aliphatic rings. The number of methoxy groups -OCH3 is 1. The van der Waals surface area contributed by atoms with Gasteiger partial charge >= 0.3 is 0 Å². The molecule has 4 heteroatoms. The van der Waals surface area contributed by atoms with Crippen molar-refractivity contribution >= 4 is 5.91 Å². The molecule has 24 heavy (non-hydrogen) atoms. The number of amides is 1. The third-order valence-corrected chi connectivity index (χ3v) is 5.59. The summed E-state index contributed by atoms with van der Waals surface area (Å²) in [4.78, 5) is 12.5. The van der Waals surface area contributed by atoms with Crippen molar-refractivity contribution in [2.24, 2.45) is 5.92 Å². The van der Waals surface area contributed by atoms with Gasteiger partial charge in [-0.25, -0.2) is 0 Å². The second kappa shape index (κ2) is 8.02. The smallest absolute Gasteiger partial charge is 0.237 e. The fourth-order valence-corrected chi connectivity index (χ4v) is 4.11. The first kappa shape index (κ1) is 17.3. The van der Waals surface area contributed by atoms with Crippen LogP contribution in [0.15, 0.2) is 24.3 Å². The van der Waals surface area contributed by atoms with E-state index in [-0.39, 0.29) is 18.0 Å². The summed E-state index contributed by atoms with van der Waals surface area (Å²) < 4.78 is 5.18. The third-order valence-electron chi connectivity index (χ3n) is 5.59. The first-order chi connectivity index (χ1) is 11.7. The van der Waals surface area contributed by atoms with E-state index < -0.39 is 0 Å². The minimum atomic E-state index is 0.0153. The summed E-state index contributed by atoms with van der Waals surface area (Å²) in [6.45, 7) is 2.10. The maximum Gasteiger partial charge on any atom is 0.237 e. The van der Waals surface area contributed by atoms with Gasteiger partial charge in [-0.3, -0.25) is 4.79 Å². The molecule has 1 heterocycles. The minimum Gasteiger partial charge on any atom is -0.497 e. The summed E-state index contributed by atoms with van der Waals surface area (Å²) in [6, 6.07) is 8.95. The zero-order chi connectivity index (χ0) is 16.9. The lowest BCUT2D eigenvalue weighted by molar-refractivity contribution is -0.123. The van der Waals surface area contributed by atoms with E-state index in [9.17, 15) is 4.79 Å². The van der Waals surface area contributed by atoms with Gasteiger partial charge in [-0.15, -0.1) is 0 Å². The van der Waals surface area contributed by atoms with Gasteiger partial charge in [-0.1, -0.05) is 25.0 Å². The number of hydrogen-bond donors (Lipinski definition) is 2.